The average molecular weight is 306 g/mol. The van der Waals surface area contributed by atoms with Gasteiger partial charge in [0.2, 0.25) is 0 Å². The first-order valence-electron chi connectivity index (χ1n) is 6.00. The molecule has 0 heterocycles. The van der Waals surface area contributed by atoms with Crippen molar-refractivity contribution in [3.63, 3.8) is 0 Å². The summed E-state index contributed by atoms with van der Waals surface area (Å²) in [7, 11) is 0. The lowest BCUT2D eigenvalue weighted by atomic mass is 10.0. The summed E-state index contributed by atoms with van der Waals surface area (Å²) in [5, 5.41) is 9.51. The van der Waals surface area contributed by atoms with Crippen LogP contribution < -0.4 is 0 Å². The predicted molar refractivity (Wildman–Crippen MR) is 65.0 cm³/mol. The maximum atomic E-state index is 12.9. The number of alkyl halides is 3. The molecule has 0 atom stereocenters. The fourth-order valence-electron chi connectivity index (χ4n) is 1.63. The Morgan fingerprint density at radius 2 is 1.62 bits per heavy atom. The molecule has 0 amide bonds. The van der Waals surface area contributed by atoms with E-state index < -0.39 is 35.0 Å². The summed E-state index contributed by atoms with van der Waals surface area (Å²) in [6.07, 6.45) is -4.97. The van der Waals surface area contributed by atoms with E-state index in [1.54, 1.807) is 0 Å². The summed E-state index contributed by atoms with van der Waals surface area (Å²) < 4.78 is 47.9. The highest BCUT2D eigenvalue weighted by Gasteiger charge is 2.39. The second-order valence-corrected chi connectivity index (χ2v) is 3.86. The molecule has 0 aliphatic rings. The third kappa shape index (κ3) is 3.87. The molecule has 0 aromatic heterocycles. The monoisotopic (exact) mass is 306 g/mol. The number of halogens is 3. The number of hydrogen-bond donors (Lipinski definition) is 1. The molecule has 1 aromatic carbocycles. The number of phenolic OH excluding ortho intramolecular Hbond substituents is 1. The molecule has 0 saturated heterocycles. The first-order valence-corrected chi connectivity index (χ1v) is 6.00. The van der Waals surface area contributed by atoms with Crippen molar-refractivity contribution < 1.29 is 37.3 Å². The standard InChI is InChI=1S/C13H13F3O5/c1-3-20-11(18)7-5-8(12(19)21-4-2)10(9(17)6-7)13(14,15)16/h5-6,17H,3-4H2,1-2H3. The summed E-state index contributed by atoms with van der Waals surface area (Å²) in [4.78, 5) is 23.1. The second kappa shape index (κ2) is 6.47. The van der Waals surface area contributed by atoms with E-state index in [4.69, 9.17) is 0 Å². The van der Waals surface area contributed by atoms with Crippen LogP contribution >= 0.6 is 0 Å². The highest BCUT2D eigenvalue weighted by atomic mass is 19.4. The van der Waals surface area contributed by atoms with Gasteiger partial charge >= 0.3 is 18.1 Å². The van der Waals surface area contributed by atoms with E-state index in [2.05, 4.69) is 9.47 Å². The maximum absolute atomic E-state index is 12.9. The van der Waals surface area contributed by atoms with Crippen molar-refractivity contribution in [3.8, 4) is 5.75 Å². The number of esters is 2. The van der Waals surface area contributed by atoms with E-state index >= 15 is 0 Å². The summed E-state index contributed by atoms with van der Waals surface area (Å²) in [6.45, 7) is 2.77. The van der Waals surface area contributed by atoms with Crippen molar-refractivity contribution in [2.24, 2.45) is 0 Å². The fourth-order valence-corrected chi connectivity index (χ4v) is 1.63. The minimum Gasteiger partial charge on any atom is -0.507 e. The Morgan fingerprint density at radius 1 is 1.10 bits per heavy atom. The Hall–Kier alpha value is -2.25. The molecule has 1 rings (SSSR count). The van der Waals surface area contributed by atoms with Crippen molar-refractivity contribution in [2.45, 2.75) is 20.0 Å². The third-order valence-electron chi connectivity index (χ3n) is 2.41. The SMILES string of the molecule is CCOC(=O)c1cc(O)c(C(F)(F)F)c(C(=O)OCC)c1. The van der Waals surface area contributed by atoms with Crippen LogP contribution in [0, 0.1) is 0 Å². The van der Waals surface area contributed by atoms with Crippen molar-refractivity contribution in [2.75, 3.05) is 13.2 Å². The predicted octanol–water partition coefficient (Wildman–Crippen LogP) is 2.76. The van der Waals surface area contributed by atoms with Gasteiger partial charge in [0.25, 0.3) is 0 Å². The molecule has 5 nitrogen and oxygen atoms in total. The van der Waals surface area contributed by atoms with Gasteiger partial charge in [-0.15, -0.1) is 0 Å². The number of ether oxygens (including phenoxy) is 2. The van der Waals surface area contributed by atoms with Gasteiger partial charge < -0.3 is 14.6 Å². The van der Waals surface area contributed by atoms with Crippen LogP contribution in [0.2, 0.25) is 0 Å². The molecule has 1 aromatic rings. The van der Waals surface area contributed by atoms with Crippen LogP contribution in [0.25, 0.3) is 0 Å². The number of carbonyl (C=O) groups excluding carboxylic acids is 2. The van der Waals surface area contributed by atoms with Crippen LogP contribution in [0.5, 0.6) is 5.75 Å². The number of aromatic hydroxyl groups is 1. The molecular formula is C13H13F3O5. The van der Waals surface area contributed by atoms with E-state index in [0.29, 0.717) is 12.1 Å². The minimum absolute atomic E-state index is 0.00461. The molecule has 0 bridgehead atoms. The number of hydrogen-bond acceptors (Lipinski definition) is 5. The van der Waals surface area contributed by atoms with Gasteiger partial charge in [0.1, 0.15) is 11.3 Å². The van der Waals surface area contributed by atoms with Gasteiger partial charge in [-0.1, -0.05) is 0 Å². The zero-order valence-electron chi connectivity index (χ0n) is 11.3. The molecule has 0 fully saturated rings. The lowest BCUT2D eigenvalue weighted by Gasteiger charge is -2.15. The summed E-state index contributed by atoms with van der Waals surface area (Å²) >= 11 is 0. The molecule has 21 heavy (non-hydrogen) atoms. The largest absolute Gasteiger partial charge is 0.507 e. The Kier molecular flexibility index (Phi) is 5.17. The maximum Gasteiger partial charge on any atom is 0.420 e. The van der Waals surface area contributed by atoms with Crippen LogP contribution in [-0.4, -0.2) is 30.3 Å². The molecular weight excluding hydrogens is 293 g/mol. The normalized spacial score (nSPS) is 11.1. The van der Waals surface area contributed by atoms with E-state index in [-0.39, 0.29) is 18.8 Å². The van der Waals surface area contributed by atoms with Crippen LogP contribution in [-0.2, 0) is 15.7 Å². The molecule has 8 heteroatoms. The van der Waals surface area contributed by atoms with Gasteiger partial charge in [0.05, 0.1) is 24.3 Å². The van der Waals surface area contributed by atoms with Gasteiger partial charge in [0, 0.05) is 0 Å². The first-order chi connectivity index (χ1) is 9.72. The van der Waals surface area contributed by atoms with Crippen molar-refractivity contribution in [1.82, 2.24) is 0 Å². The van der Waals surface area contributed by atoms with E-state index in [1.165, 1.54) is 13.8 Å². The molecule has 0 unspecified atom stereocenters. The van der Waals surface area contributed by atoms with Crippen molar-refractivity contribution >= 4 is 11.9 Å². The van der Waals surface area contributed by atoms with Gasteiger partial charge in [0.15, 0.2) is 0 Å². The van der Waals surface area contributed by atoms with E-state index in [9.17, 15) is 27.9 Å². The zero-order valence-corrected chi connectivity index (χ0v) is 11.3. The van der Waals surface area contributed by atoms with Gasteiger partial charge in [-0.2, -0.15) is 13.2 Å². The minimum atomic E-state index is -4.97. The van der Waals surface area contributed by atoms with Crippen LogP contribution in [0.15, 0.2) is 12.1 Å². The van der Waals surface area contributed by atoms with Crippen molar-refractivity contribution in [1.29, 1.82) is 0 Å². The Balaban J connectivity index is 3.46. The van der Waals surface area contributed by atoms with E-state index in [1.807, 2.05) is 0 Å². The van der Waals surface area contributed by atoms with Crippen LogP contribution in [0.1, 0.15) is 40.1 Å². The smallest absolute Gasteiger partial charge is 0.420 e. The fraction of sp³-hybridized carbons (Fsp3) is 0.385. The van der Waals surface area contributed by atoms with Gasteiger partial charge in [-0.3, -0.25) is 0 Å². The van der Waals surface area contributed by atoms with Crippen molar-refractivity contribution in [3.05, 3.63) is 28.8 Å². The summed E-state index contributed by atoms with van der Waals surface area (Å²) in [6, 6.07) is 1.29. The zero-order chi connectivity index (χ0) is 16.2. The Labute approximate surface area is 118 Å². The Bertz CT molecular complexity index is 551. The lowest BCUT2D eigenvalue weighted by molar-refractivity contribution is -0.139. The molecule has 0 radical (unpaired) electrons. The molecule has 0 spiro atoms. The summed E-state index contributed by atoms with van der Waals surface area (Å²) in [5.41, 5.74) is -2.85. The molecule has 116 valence electrons. The number of carbonyl (C=O) groups is 2. The number of phenols is 1. The quantitative estimate of drug-likeness (QED) is 0.866. The first kappa shape index (κ1) is 16.8. The molecule has 0 saturated carbocycles. The topological polar surface area (TPSA) is 72.8 Å². The number of benzene rings is 1. The van der Waals surface area contributed by atoms with Gasteiger partial charge in [-0.05, 0) is 26.0 Å². The summed E-state index contributed by atoms with van der Waals surface area (Å²) in [5.74, 6) is -3.48. The average Bonchev–Trinajstić information content (AvgIpc) is 2.36. The highest BCUT2D eigenvalue weighted by molar-refractivity contribution is 5.97. The lowest BCUT2D eigenvalue weighted by Crippen LogP contribution is -2.17. The highest BCUT2D eigenvalue weighted by Crippen LogP contribution is 2.39. The Morgan fingerprint density at radius 3 is 2.10 bits per heavy atom. The van der Waals surface area contributed by atoms with E-state index in [0.717, 1.165) is 0 Å². The third-order valence-corrected chi connectivity index (χ3v) is 2.41. The van der Waals surface area contributed by atoms with Crippen LogP contribution in [0.4, 0.5) is 13.2 Å². The molecule has 0 aliphatic heterocycles. The molecule has 1 N–H and O–H groups in total. The van der Waals surface area contributed by atoms with Gasteiger partial charge in [-0.25, -0.2) is 9.59 Å². The molecule has 0 aliphatic carbocycles. The second-order valence-electron chi connectivity index (χ2n) is 3.86. The van der Waals surface area contributed by atoms with Crippen LogP contribution in [0.3, 0.4) is 0 Å². The number of rotatable bonds is 4.